The number of carbonyl (C=O) groups is 2. The molecule has 0 aromatic rings. The van der Waals surface area contributed by atoms with Crippen LogP contribution in [0.3, 0.4) is 0 Å². The van der Waals surface area contributed by atoms with Crippen molar-refractivity contribution < 1.29 is 39.6 Å². The van der Waals surface area contributed by atoms with Crippen molar-refractivity contribution in [3.63, 3.8) is 0 Å². The summed E-state index contributed by atoms with van der Waals surface area (Å²) in [6, 6.07) is 0. The minimum atomic E-state index is -6.09. The van der Waals surface area contributed by atoms with Crippen LogP contribution in [0.25, 0.3) is 0 Å². The second-order valence-electron chi connectivity index (χ2n) is 2.83. The van der Waals surface area contributed by atoms with Crippen molar-refractivity contribution in [2.24, 2.45) is 0 Å². The molecule has 0 saturated heterocycles. The summed E-state index contributed by atoms with van der Waals surface area (Å²) in [5.74, 6) is -3.38. The number of carbonyl (C=O) groups excluding carboxylic acids is 2. The molecular formula is C5H5F3N2O6S3. The minimum absolute atomic E-state index is 0.412. The number of nitrogens with one attached hydrogen (secondary N) is 2. The quantitative estimate of drug-likeness (QED) is 0.570. The highest BCUT2D eigenvalue weighted by Crippen LogP contribution is 2.21. The van der Waals surface area contributed by atoms with Crippen LogP contribution in [0.5, 0.6) is 0 Å². The summed E-state index contributed by atoms with van der Waals surface area (Å²) in [5, 5.41) is 0. The molecule has 0 heterocycles. The van der Waals surface area contributed by atoms with Crippen molar-refractivity contribution in [2.45, 2.75) is 12.4 Å². The van der Waals surface area contributed by atoms with Gasteiger partial charge in [0.2, 0.25) is 10.1 Å². The zero-order valence-corrected chi connectivity index (χ0v) is 11.3. The molecule has 0 rings (SSSR count). The molecule has 0 radical (unpaired) electrons. The standard InChI is InChI=1S/C5H5F3N2O6S3/c1-2(11)9-18(13,14)4(17)3(12)10-19(15,16)5(6,7)8/h1H3,(H,9,11)(H,10,12). The molecule has 0 spiro atoms. The maximum Gasteiger partial charge on any atom is 0.516 e. The molecule has 8 nitrogen and oxygen atoms in total. The predicted octanol–water partition coefficient (Wildman–Crippen LogP) is -1.25. The zero-order chi connectivity index (χ0) is 15.6. The summed E-state index contributed by atoms with van der Waals surface area (Å²) in [6.07, 6.45) is 0. The number of thiocarbonyl (C=S) groups is 1. The number of alkyl halides is 3. The van der Waals surface area contributed by atoms with E-state index in [4.69, 9.17) is 0 Å². The van der Waals surface area contributed by atoms with Crippen LogP contribution in [-0.2, 0) is 29.6 Å². The Morgan fingerprint density at radius 1 is 1.05 bits per heavy atom. The van der Waals surface area contributed by atoms with Gasteiger partial charge in [0.05, 0.1) is 0 Å². The van der Waals surface area contributed by atoms with Gasteiger partial charge in [-0.2, -0.15) is 21.6 Å². The topological polar surface area (TPSA) is 126 Å². The molecule has 19 heavy (non-hydrogen) atoms. The van der Waals surface area contributed by atoms with Crippen molar-refractivity contribution in [2.75, 3.05) is 0 Å². The molecule has 2 N–H and O–H groups in total. The monoisotopic (exact) mass is 342 g/mol. The van der Waals surface area contributed by atoms with Crippen LogP contribution < -0.4 is 9.44 Å². The van der Waals surface area contributed by atoms with E-state index in [0.29, 0.717) is 4.72 Å². The second kappa shape index (κ2) is 5.38. The number of halogens is 3. The largest absolute Gasteiger partial charge is 0.516 e. The van der Waals surface area contributed by atoms with Crippen LogP contribution in [0, 0.1) is 0 Å². The first-order valence-corrected chi connectivity index (χ1v) is 7.29. The van der Waals surface area contributed by atoms with E-state index in [9.17, 15) is 39.6 Å². The molecular weight excluding hydrogens is 337 g/mol. The maximum absolute atomic E-state index is 11.9. The molecule has 0 aromatic heterocycles. The Bertz CT molecular complexity index is 619. The summed E-state index contributed by atoms with van der Waals surface area (Å²) in [5.41, 5.74) is -5.82. The van der Waals surface area contributed by atoms with Gasteiger partial charge in [0.25, 0.3) is 15.9 Å². The summed E-state index contributed by atoms with van der Waals surface area (Å²) < 4.78 is 78.8. The molecule has 0 fully saturated rings. The Morgan fingerprint density at radius 3 is 1.79 bits per heavy atom. The van der Waals surface area contributed by atoms with Crippen molar-refractivity contribution in [3.05, 3.63) is 0 Å². The number of amides is 2. The van der Waals surface area contributed by atoms with E-state index >= 15 is 0 Å². The third kappa shape index (κ3) is 4.71. The van der Waals surface area contributed by atoms with Gasteiger partial charge in [-0.3, -0.25) is 9.59 Å². The summed E-state index contributed by atoms with van der Waals surface area (Å²) in [7, 11) is -11.0. The molecule has 110 valence electrons. The second-order valence-corrected chi connectivity index (χ2v) is 6.79. The van der Waals surface area contributed by atoms with Crippen molar-refractivity contribution in [1.29, 1.82) is 0 Å². The van der Waals surface area contributed by atoms with E-state index in [1.54, 1.807) is 0 Å². The first-order chi connectivity index (χ1) is 8.21. The lowest BCUT2D eigenvalue weighted by Gasteiger charge is -2.10. The normalized spacial score (nSPS) is 12.6. The summed E-state index contributed by atoms with van der Waals surface area (Å²) in [6.45, 7) is 0.727. The van der Waals surface area contributed by atoms with Gasteiger partial charge in [-0.25, -0.2) is 17.9 Å². The van der Waals surface area contributed by atoms with Gasteiger partial charge in [-0.15, -0.1) is 0 Å². The molecule has 14 heteroatoms. The van der Waals surface area contributed by atoms with Crippen LogP contribution in [0.4, 0.5) is 13.2 Å². The van der Waals surface area contributed by atoms with Gasteiger partial charge in [-0.05, 0) is 0 Å². The molecule has 2 amide bonds. The molecule has 0 aromatic carbocycles. The van der Waals surface area contributed by atoms with Crippen molar-refractivity contribution >= 4 is 48.3 Å². The van der Waals surface area contributed by atoms with Crippen LogP contribution in [-0.4, -0.2) is 38.4 Å². The van der Waals surface area contributed by atoms with Gasteiger partial charge >= 0.3 is 15.5 Å². The number of hydrogen-bond acceptors (Lipinski definition) is 7. The highest BCUT2D eigenvalue weighted by Gasteiger charge is 2.48. The van der Waals surface area contributed by atoms with E-state index < -0.39 is 41.6 Å². The van der Waals surface area contributed by atoms with E-state index in [-0.39, 0.29) is 0 Å². The fourth-order valence-electron chi connectivity index (χ4n) is 0.579. The Kier molecular flexibility index (Phi) is 5.01. The average molecular weight is 342 g/mol. The highest BCUT2D eigenvalue weighted by molar-refractivity contribution is 8.18. The third-order valence-electron chi connectivity index (χ3n) is 1.24. The molecule has 0 atom stereocenters. The lowest BCUT2D eigenvalue weighted by atomic mass is 10.8. The molecule has 0 aliphatic carbocycles. The lowest BCUT2D eigenvalue weighted by molar-refractivity contribution is -0.117. The molecule has 0 unspecified atom stereocenters. The first kappa shape index (κ1) is 17.7. The van der Waals surface area contributed by atoms with Gasteiger partial charge in [0.1, 0.15) is 0 Å². The average Bonchev–Trinajstić information content (AvgIpc) is 2.11. The van der Waals surface area contributed by atoms with E-state index in [2.05, 4.69) is 12.2 Å². The first-order valence-electron chi connectivity index (χ1n) is 3.91. The summed E-state index contributed by atoms with van der Waals surface area (Å²) >= 11 is 3.98. The number of sulfonamides is 2. The Balaban J connectivity index is 5.19. The van der Waals surface area contributed by atoms with Crippen molar-refractivity contribution in [1.82, 2.24) is 9.44 Å². The smallest absolute Gasteiger partial charge is 0.274 e. The van der Waals surface area contributed by atoms with Crippen molar-refractivity contribution in [3.8, 4) is 0 Å². The van der Waals surface area contributed by atoms with Crippen LogP contribution >= 0.6 is 12.2 Å². The van der Waals surface area contributed by atoms with Crippen LogP contribution in [0.2, 0.25) is 0 Å². The molecule has 0 aliphatic rings. The van der Waals surface area contributed by atoms with Crippen LogP contribution in [0.15, 0.2) is 0 Å². The molecule has 0 saturated carbocycles. The van der Waals surface area contributed by atoms with Gasteiger partial charge in [0, 0.05) is 6.92 Å². The maximum atomic E-state index is 11.9. The molecule has 0 bridgehead atoms. The fourth-order valence-corrected chi connectivity index (χ4v) is 2.11. The molecule has 0 aliphatic heterocycles. The van der Waals surface area contributed by atoms with E-state index in [0.717, 1.165) is 6.92 Å². The minimum Gasteiger partial charge on any atom is -0.274 e. The van der Waals surface area contributed by atoms with Gasteiger partial charge < -0.3 is 0 Å². The lowest BCUT2D eigenvalue weighted by Crippen LogP contribution is -2.47. The van der Waals surface area contributed by atoms with Crippen LogP contribution in [0.1, 0.15) is 6.92 Å². The SMILES string of the molecule is CC(=O)NS(=O)(=O)C(=S)C(=O)NS(=O)(=O)C(F)(F)F. The summed E-state index contributed by atoms with van der Waals surface area (Å²) in [4.78, 5) is 21.4. The Labute approximate surface area is 110 Å². The number of hydrogen-bond donors (Lipinski definition) is 2. The zero-order valence-electron chi connectivity index (χ0n) is 8.81. The van der Waals surface area contributed by atoms with E-state index in [1.165, 1.54) is 4.72 Å². The Hall–Kier alpha value is -1.28. The third-order valence-corrected chi connectivity index (χ3v) is 4.38. The fraction of sp³-hybridized carbons (Fsp3) is 0.400. The Morgan fingerprint density at radius 2 is 1.47 bits per heavy atom. The van der Waals surface area contributed by atoms with Gasteiger partial charge in [0.15, 0.2) is 0 Å². The highest BCUT2D eigenvalue weighted by atomic mass is 32.2. The predicted molar refractivity (Wildman–Crippen MR) is 58.5 cm³/mol. The number of rotatable bonds is 1. The van der Waals surface area contributed by atoms with E-state index in [1.807, 2.05) is 0 Å². The van der Waals surface area contributed by atoms with Gasteiger partial charge in [-0.1, -0.05) is 12.2 Å².